The number of nitro benzene ring substituents is 1. The van der Waals surface area contributed by atoms with Crippen molar-refractivity contribution >= 4 is 11.6 Å². The summed E-state index contributed by atoms with van der Waals surface area (Å²) < 4.78 is 11.8. The predicted molar refractivity (Wildman–Crippen MR) is 115 cm³/mol. The summed E-state index contributed by atoms with van der Waals surface area (Å²) in [4.78, 5) is 27.0. The first kappa shape index (κ1) is 21.8. The Bertz CT molecular complexity index is 1040. The minimum atomic E-state index is -1.15. The molecular weight excluding hydrogens is 398 g/mol. The summed E-state index contributed by atoms with van der Waals surface area (Å²) in [6, 6.07) is 16.5. The van der Waals surface area contributed by atoms with E-state index < -0.39 is 10.5 Å². The summed E-state index contributed by atoms with van der Waals surface area (Å²) in [5.41, 5.74) is -0.0926. The van der Waals surface area contributed by atoms with Gasteiger partial charge in [0.15, 0.2) is 17.1 Å². The Morgan fingerprint density at radius 3 is 2.32 bits per heavy atom. The number of carbonyl (C=O) groups is 1. The molecule has 0 saturated carbocycles. The monoisotopic (exact) mass is 421 g/mol. The number of hydrogen-bond donors (Lipinski definition) is 1. The van der Waals surface area contributed by atoms with Crippen molar-refractivity contribution in [2.75, 3.05) is 6.54 Å². The Morgan fingerprint density at radius 2 is 1.68 bits per heavy atom. The van der Waals surface area contributed by atoms with E-state index in [-0.39, 0.29) is 11.6 Å². The molecule has 31 heavy (non-hydrogen) atoms. The maximum Gasteiger partial charge on any atom is 0.269 e. The van der Waals surface area contributed by atoms with Crippen LogP contribution in [-0.4, -0.2) is 28.0 Å². The van der Waals surface area contributed by atoms with E-state index in [1.807, 2.05) is 12.1 Å². The van der Waals surface area contributed by atoms with Crippen molar-refractivity contribution in [2.45, 2.75) is 25.9 Å². The molecule has 1 N–H and O–H groups in total. The third-order valence-electron chi connectivity index (χ3n) is 4.49. The van der Waals surface area contributed by atoms with Crippen LogP contribution in [0.1, 0.15) is 19.4 Å². The van der Waals surface area contributed by atoms with Gasteiger partial charge in [-0.25, -0.2) is 0 Å². The maximum atomic E-state index is 12.7. The van der Waals surface area contributed by atoms with E-state index in [1.165, 1.54) is 24.3 Å². The Morgan fingerprint density at radius 1 is 1.03 bits per heavy atom. The minimum Gasteiger partial charge on any atom is -0.474 e. The van der Waals surface area contributed by atoms with Crippen molar-refractivity contribution in [1.82, 2.24) is 10.3 Å². The maximum absolute atomic E-state index is 12.7. The van der Waals surface area contributed by atoms with Crippen LogP contribution in [0.5, 0.6) is 17.2 Å². The Balaban J connectivity index is 1.64. The molecule has 2 aromatic carbocycles. The summed E-state index contributed by atoms with van der Waals surface area (Å²) in [6.07, 6.45) is 4.11. The van der Waals surface area contributed by atoms with Crippen LogP contribution in [-0.2, 0) is 11.2 Å². The molecule has 1 aromatic heterocycles. The van der Waals surface area contributed by atoms with Gasteiger partial charge in [0.2, 0.25) is 0 Å². The molecule has 8 nitrogen and oxygen atoms in total. The van der Waals surface area contributed by atoms with Crippen molar-refractivity contribution in [1.29, 1.82) is 0 Å². The first-order valence-electron chi connectivity index (χ1n) is 9.73. The van der Waals surface area contributed by atoms with Gasteiger partial charge >= 0.3 is 0 Å². The van der Waals surface area contributed by atoms with E-state index in [4.69, 9.17) is 9.47 Å². The van der Waals surface area contributed by atoms with Crippen LogP contribution in [0.15, 0.2) is 73.1 Å². The third-order valence-corrected chi connectivity index (χ3v) is 4.49. The van der Waals surface area contributed by atoms with Gasteiger partial charge in [-0.15, -0.1) is 0 Å². The fourth-order valence-electron chi connectivity index (χ4n) is 2.79. The van der Waals surface area contributed by atoms with E-state index in [9.17, 15) is 14.9 Å². The molecule has 3 aromatic rings. The number of nitrogens with zero attached hydrogens (tertiary/aromatic N) is 2. The lowest BCUT2D eigenvalue weighted by atomic mass is 10.1. The molecule has 0 aliphatic carbocycles. The second-order valence-electron chi connectivity index (χ2n) is 7.27. The van der Waals surface area contributed by atoms with Gasteiger partial charge in [0, 0.05) is 31.1 Å². The molecule has 0 aliphatic rings. The molecule has 1 amide bonds. The van der Waals surface area contributed by atoms with Crippen LogP contribution in [0.4, 0.5) is 5.69 Å². The van der Waals surface area contributed by atoms with E-state index in [2.05, 4.69) is 10.3 Å². The van der Waals surface area contributed by atoms with Crippen LogP contribution in [0.2, 0.25) is 0 Å². The summed E-state index contributed by atoms with van der Waals surface area (Å²) in [6.45, 7) is 3.82. The lowest BCUT2D eigenvalue weighted by Gasteiger charge is -2.26. The van der Waals surface area contributed by atoms with Crippen LogP contribution in [0.25, 0.3) is 0 Å². The number of non-ortho nitro benzene ring substituents is 1. The van der Waals surface area contributed by atoms with Crippen molar-refractivity contribution in [3.05, 3.63) is 88.7 Å². The van der Waals surface area contributed by atoms with Gasteiger partial charge in [0.25, 0.3) is 11.6 Å². The van der Waals surface area contributed by atoms with E-state index >= 15 is 0 Å². The van der Waals surface area contributed by atoms with Gasteiger partial charge in [-0.3, -0.25) is 19.9 Å². The second-order valence-corrected chi connectivity index (χ2v) is 7.27. The number of nitrogens with one attached hydrogen (secondary N) is 1. The normalized spacial score (nSPS) is 10.9. The topological polar surface area (TPSA) is 104 Å². The number of hydrogen-bond acceptors (Lipinski definition) is 6. The number of nitro groups is 1. The second kappa shape index (κ2) is 9.71. The Hall–Kier alpha value is -3.94. The smallest absolute Gasteiger partial charge is 0.269 e. The van der Waals surface area contributed by atoms with Crippen LogP contribution >= 0.6 is 0 Å². The zero-order valence-corrected chi connectivity index (χ0v) is 17.3. The molecule has 1 heterocycles. The third kappa shape index (κ3) is 6.02. The molecule has 0 saturated heterocycles. The molecule has 0 bridgehead atoms. The van der Waals surface area contributed by atoms with E-state index in [0.717, 1.165) is 5.56 Å². The van der Waals surface area contributed by atoms with Gasteiger partial charge in [-0.2, -0.15) is 0 Å². The van der Waals surface area contributed by atoms with Crippen molar-refractivity contribution < 1.29 is 19.2 Å². The summed E-state index contributed by atoms with van der Waals surface area (Å²) in [7, 11) is 0. The molecule has 0 aliphatic heterocycles. The highest BCUT2D eigenvalue weighted by Gasteiger charge is 2.30. The van der Waals surface area contributed by atoms with Gasteiger partial charge in [-0.05, 0) is 62.2 Å². The zero-order chi connectivity index (χ0) is 22.3. The quantitative estimate of drug-likeness (QED) is 0.408. The average Bonchev–Trinajstić information content (AvgIpc) is 2.76. The highest BCUT2D eigenvalue weighted by molar-refractivity contribution is 5.84. The number of ether oxygens (including phenoxy) is 2. The number of rotatable bonds is 9. The SMILES string of the molecule is CC(C)(Oc1ccccc1Oc1ccc([N+](=O)[O-])cc1)C(=O)NCCc1ccncc1. The van der Waals surface area contributed by atoms with Crippen LogP contribution < -0.4 is 14.8 Å². The fourth-order valence-corrected chi connectivity index (χ4v) is 2.79. The van der Waals surface area contributed by atoms with Gasteiger partial charge < -0.3 is 14.8 Å². The lowest BCUT2D eigenvalue weighted by Crippen LogP contribution is -2.47. The molecule has 0 fully saturated rings. The Labute approximate surface area is 180 Å². The largest absolute Gasteiger partial charge is 0.474 e. The standard InChI is InChI=1S/C23H23N3O5/c1-23(2,22(27)25-16-13-17-11-14-24-15-12-17)31-21-6-4-3-5-20(21)30-19-9-7-18(8-10-19)26(28)29/h3-12,14-15H,13,16H2,1-2H3,(H,25,27). The van der Waals surface area contributed by atoms with E-state index in [0.29, 0.717) is 30.2 Å². The summed E-state index contributed by atoms with van der Waals surface area (Å²) in [5, 5.41) is 13.7. The van der Waals surface area contributed by atoms with Crippen molar-refractivity contribution in [3.8, 4) is 17.2 Å². The molecular formula is C23H23N3O5. The highest BCUT2D eigenvalue weighted by atomic mass is 16.6. The van der Waals surface area contributed by atoms with Gasteiger partial charge in [0.05, 0.1) is 4.92 Å². The number of amides is 1. The number of aromatic nitrogens is 1. The summed E-state index contributed by atoms with van der Waals surface area (Å²) in [5.74, 6) is 0.942. The number of pyridine rings is 1. The number of carbonyl (C=O) groups excluding carboxylic acids is 1. The molecule has 0 spiro atoms. The molecule has 0 atom stereocenters. The predicted octanol–water partition coefficient (Wildman–Crippen LogP) is 4.30. The van der Waals surface area contributed by atoms with Gasteiger partial charge in [0.1, 0.15) is 5.75 Å². The first-order valence-corrected chi connectivity index (χ1v) is 9.73. The molecule has 8 heteroatoms. The Kier molecular flexibility index (Phi) is 6.81. The molecule has 0 radical (unpaired) electrons. The number of para-hydroxylation sites is 2. The van der Waals surface area contributed by atoms with Crippen molar-refractivity contribution in [3.63, 3.8) is 0 Å². The van der Waals surface area contributed by atoms with E-state index in [1.54, 1.807) is 50.5 Å². The molecule has 160 valence electrons. The lowest BCUT2D eigenvalue weighted by molar-refractivity contribution is -0.384. The highest BCUT2D eigenvalue weighted by Crippen LogP contribution is 2.34. The minimum absolute atomic E-state index is 0.0264. The van der Waals surface area contributed by atoms with Gasteiger partial charge in [-0.1, -0.05) is 12.1 Å². The molecule has 0 unspecified atom stereocenters. The fraction of sp³-hybridized carbons (Fsp3) is 0.217. The van der Waals surface area contributed by atoms with Crippen LogP contribution in [0, 0.1) is 10.1 Å². The van der Waals surface area contributed by atoms with Crippen LogP contribution in [0.3, 0.4) is 0 Å². The number of benzene rings is 2. The zero-order valence-electron chi connectivity index (χ0n) is 17.3. The summed E-state index contributed by atoms with van der Waals surface area (Å²) >= 11 is 0. The molecule has 3 rings (SSSR count). The average molecular weight is 421 g/mol. The first-order chi connectivity index (χ1) is 14.8. The van der Waals surface area contributed by atoms with Crippen molar-refractivity contribution in [2.24, 2.45) is 0 Å².